The summed E-state index contributed by atoms with van der Waals surface area (Å²) >= 11 is 0. The molecule has 0 saturated carbocycles. The number of aromatic nitrogens is 1. The van der Waals surface area contributed by atoms with Gasteiger partial charge in [0.2, 0.25) is 0 Å². The summed E-state index contributed by atoms with van der Waals surface area (Å²) in [6.45, 7) is 0.780. The number of nitrogens with zero attached hydrogens (tertiary/aromatic N) is 1. The number of H-pyrrole nitrogens is 1. The molecule has 1 aliphatic rings. The number of fused-ring (bicyclic) bond motifs is 2. The Morgan fingerprint density at radius 2 is 1.73 bits per heavy atom. The van der Waals surface area contributed by atoms with Crippen molar-refractivity contribution < 1.29 is 17.9 Å². The quantitative estimate of drug-likeness (QED) is 0.761. The fraction of sp³-hybridized carbons (Fsp3) is 0.167. The minimum atomic E-state index is -3.94. The van der Waals surface area contributed by atoms with Crippen LogP contribution in [0, 0.1) is 0 Å². The van der Waals surface area contributed by atoms with Crippen LogP contribution in [-0.4, -0.2) is 33.7 Å². The highest BCUT2D eigenvalue weighted by atomic mass is 32.2. The van der Waals surface area contributed by atoms with E-state index in [-0.39, 0.29) is 10.6 Å². The third-order valence-corrected chi connectivity index (χ3v) is 6.01. The zero-order valence-electron chi connectivity index (χ0n) is 13.9. The Morgan fingerprint density at radius 1 is 1.00 bits per heavy atom. The Bertz CT molecular complexity index is 1150. The van der Waals surface area contributed by atoms with Gasteiger partial charge in [-0.05, 0) is 24.3 Å². The monoisotopic (exact) mass is 372 g/mol. The Hall–Kier alpha value is -3.00. The minimum absolute atomic E-state index is 0.0248. The molecule has 0 spiro atoms. The molecule has 134 valence electrons. The van der Waals surface area contributed by atoms with E-state index in [1.165, 1.54) is 19.2 Å². The summed E-state index contributed by atoms with van der Waals surface area (Å²) in [6.07, 6.45) is 0. The second-order valence-corrected chi connectivity index (χ2v) is 7.82. The summed E-state index contributed by atoms with van der Waals surface area (Å²) in [5.41, 5.74) is 0.206. The number of ether oxygens (including phenoxy) is 2. The Kier molecular flexibility index (Phi) is 3.84. The van der Waals surface area contributed by atoms with E-state index in [0.717, 1.165) is 9.69 Å². The summed E-state index contributed by atoms with van der Waals surface area (Å²) in [6, 6.07) is 13.1. The van der Waals surface area contributed by atoms with Gasteiger partial charge < -0.3 is 14.5 Å². The molecule has 2 heterocycles. The molecule has 0 amide bonds. The number of hydrogen-bond acceptors (Lipinski definition) is 5. The Balaban J connectivity index is 1.79. The van der Waals surface area contributed by atoms with Crippen LogP contribution in [-0.2, 0) is 10.0 Å². The number of rotatable bonds is 3. The van der Waals surface area contributed by atoms with Crippen molar-refractivity contribution >= 4 is 26.6 Å². The molecule has 0 aliphatic carbocycles. The molecule has 0 radical (unpaired) electrons. The zero-order chi connectivity index (χ0) is 18.3. The third kappa shape index (κ3) is 2.68. The van der Waals surface area contributed by atoms with Crippen molar-refractivity contribution in [1.29, 1.82) is 0 Å². The predicted octanol–water partition coefficient (Wildman–Crippen LogP) is 2.12. The smallest absolute Gasteiger partial charge is 0.272 e. The fourth-order valence-electron chi connectivity index (χ4n) is 2.84. The van der Waals surface area contributed by atoms with Crippen LogP contribution < -0.4 is 19.3 Å². The summed E-state index contributed by atoms with van der Waals surface area (Å²) in [4.78, 5) is 15.1. The highest BCUT2D eigenvalue weighted by Gasteiger charge is 2.26. The van der Waals surface area contributed by atoms with E-state index in [9.17, 15) is 13.2 Å². The lowest BCUT2D eigenvalue weighted by Crippen LogP contribution is -2.31. The predicted molar refractivity (Wildman–Crippen MR) is 97.6 cm³/mol. The number of anilines is 1. The maximum absolute atomic E-state index is 13.0. The van der Waals surface area contributed by atoms with Crippen LogP contribution in [0.5, 0.6) is 11.5 Å². The number of nitrogens with one attached hydrogen (secondary N) is 1. The first kappa shape index (κ1) is 16.5. The van der Waals surface area contributed by atoms with Crippen LogP contribution in [0.4, 0.5) is 5.69 Å². The van der Waals surface area contributed by atoms with Gasteiger partial charge in [0.15, 0.2) is 11.5 Å². The molecule has 8 heteroatoms. The van der Waals surface area contributed by atoms with Crippen molar-refractivity contribution in [3.05, 3.63) is 58.9 Å². The second kappa shape index (κ2) is 6.06. The van der Waals surface area contributed by atoms with Crippen molar-refractivity contribution in [2.75, 3.05) is 24.6 Å². The van der Waals surface area contributed by atoms with Gasteiger partial charge in [0.05, 0.1) is 4.90 Å². The largest absolute Gasteiger partial charge is 0.486 e. The first-order valence-corrected chi connectivity index (χ1v) is 9.41. The summed E-state index contributed by atoms with van der Waals surface area (Å²) in [7, 11) is -2.59. The molecule has 3 aromatic rings. The first-order valence-electron chi connectivity index (χ1n) is 7.97. The zero-order valence-corrected chi connectivity index (χ0v) is 14.7. The number of aromatic amines is 1. The van der Waals surface area contributed by atoms with Gasteiger partial charge >= 0.3 is 0 Å². The maximum atomic E-state index is 13.0. The topological polar surface area (TPSA) is 88.7 Å². The van der Waals surface area contributed by atoms with E-state index < -0.39 is 15.6 Å². The molecule has 1 aliphatic heterocycles. The van der Waals surface area contributed by atoms with Gasteiger partial charge in [-0.1, -0.05) is 18.2 Å². The minimum Gasteiger partial charge on any atom is -0.486 e. The molecule has 0 saturated heterocycles. The third-order valence-electron chi connectivity index (χ3n) is 4.25. The number of benzene rings is 2. The van der Waals surface area contributed by atoms with Crippen molar-refractivity contribution in [3.8, 4) is 11.5 Å². The standard InChI is InChI=1S/C18H16N2O5S/c1-20(15-10-12-4-2-3-5-14(12)19-18(15)21)26(22,23)13-6-7-16-17(11-13)25-9-8-24-16/h2-7,10-11H,8-9H2,1H3,(H,19,21). The molecule has 0 atom stereocenters. The molecular formula is C18H16N2O5S. The molecule has 1 N–H and O–H groups in total. The van der Waals surface area contributed by atoms with Gasteiger partial charge in [0.25, 0.3) is 15.6 Å². The van der Waals surface area contributed by atoms with E-state index >= 15 is 0 Å². The number of para-hydroxylation sites is 1. The Morgan fingerprint density at radius 3 is 2.54 bits per heavy atom. The average Bonchev–Trinajstić information content (AvgIpc) is 2.66. The highest BCUT2D eigenvalue weighted by molar-refractivity contribution is 7.92. The average molecular weight is 372 g/mol. The van der Waals surface area contributed by atoms with E-state index in [4.69, 9.17) is 9.47 Å². The number of hydrogen-bond donors (Lipinski definition) is 1. The van der Waals surface area contributed by atoms with E-state index in [1.54, 1.807) is 30.3 Å². The highest BCUT2D eigenvalue weighted by Crippen LogP contribution is 2.33. The first-order chi connectivity index (χ1) is 12.5. The summed E-state index contributed by atoms with van der Waals surface area (Å²) < 4.78 is 37.8. The molecule has 0 fully saturated rings. The number of sulfonamides is 1. The van der Waals surface area contributed by atoms with Gasteiger partial charge in [0.1, 0.15) is 18.9 Å². The molecule has 26 heavy (non-hydrogen) atoms. The van der Waals surface area contributed by atoms with Crippen LogP contribution in [0.15, 0.2) is 58.2 Å². The maximum Gasteiger partial charge on any atom is 0.272 e. The van der Waals surface area contributed by atoms with Gasteiger partial charge in [0, 0.05) is 24.0 Å². The van der Waals surface area contributed by atoms with Crippen LogP contribution in [0.1, 0.15) is 0 Å². The molecule has 2 aromatic carbocycles. The van der Waals surface area contributed by atoms with Gasteiger partial charge in [-0.2, -0.15) is 0 Å². The van der Waals surface area contributed by atoms with Crippen molar-refractivity contribution in [2.24, 2.45) is 0 Å². The van der Waals surface area contributed by atoms with Crippen LogP contribution in [0.25, 0.3) is 10.9 Å². The second-order valence-electron chi connectivity index (χ2n) is 5.85. The van der Waals surface area contributed by atoms with Crippen LogP contribution >= 0.6 is 0 Å². The molecule has 7 nitrogen and oxygen atoms in total. The van der Waals surface area contributed by atoms with E-state index in [1.807, 2.05) is 6.07 Å². The molecule has 1 aromatic heterocycles. The van der Waals surface area contributed by atoms with Crippen molar-refractivity contribution in [1.82, 2.24) is 4.98 Å². The molecule has 0 unspecified atom stereocenters. The van der Waals surface area contributed by atoms with Gasteiger partial charge in [-0.25, -0.2) is 8.42 Å². The lowest BCUT2D eigenvalue weighted by Gasteiger charge is -2.22. The van der Waals surface area contributed by atoms with Crippen LogP contribution in [0.3, 0.4) is 0 Å². The Labute approximate surface area is 149 Å². The molecule has 4 rings (SSSR count). The summed E-state index contributed by atoms with van der Waals surface area (Å²) in [5, 5.41) is 0.742. The number of pyridine rings is 1. The normalized spacial score (nSPS) is 13.6. The molecular weight excluding hydrogens is 356 g/mol. The van der Waals surface area contributed by atoms with Gasteiger partial charge in [-0.3, -0.25) is 9.10 Å². The lowest BCUT2D eigenvalue weighted by molar-refractivity contribution is 0.171. The van der Waals surface area contributed by atoms with Gasteiger partial charge in [-0.15, -0.1) is 0 Å². The SMILES string of the molecule is CN(c1cc2ccccc2[nH]c1=O)S(=O)(=O)c1ccc2c(c1)OCCO2. The van der Waals surface area contributed by atoms with Crippen molar-refractivity contribution in [2.45, 2.75) is 4.90 Å². The lowest BCUT2D eigenvalue weighted by atomic mass is 10.2. The summed E-state index contributed by atoms with van der Waals surface area (Å²) in [5.74, 6) is 0.875. The van der Waals surface area contributed by atoms with Crippen molar-refractivity contribution in [3.63, 3.8) is 0 Å². The molecule has 0 bridgehead atoms. The fourth-order valence-corrected chi connectivity index (χ4v) is 4.05. The van der Waals surface area contributed by atoms with Crippen LogP contribution in [0.2, 0.25) is 0 Å². The van der Waals surface area contributed by atoms with E-state index in [0.29, 0.717) is 30.2 Å². The van der Waals surface area contributed by atoms with E-state index in [2.05, 4.69) is 4.98 Å².